The lowest BCUT2D eigenvalue weighted by Gasteiger charge is -2.34. The van der Waals surface area contributed by atoms with Crippen LogP contribution in [-0.4, -0.2) is 65.8 Å². The summed E-state index contributed by atoms with van der Waals surface area (Å²) in [6.07, 6.45) is -0.00201. The van der Waals surface area contributed by atoms with E-state index < -0.39 is 42.7 Å². The SMILES string of the molecule is C[Si](C)(C)CCOCN1C(=O)CCC(N2C(=O)c3ccc([N+](=O)[O-])cc3C2=O)C1=O. The molecule has 1 saturated heterocycles. The van der Waals surface area contributed by atoms with Crippen LogP contribution in [0.2, 0.25) is 25.7 Å². The third-order valence-electron chi connectivity index (χ3n) is 5.12. The van der Waals surface area contributed by atoms with E-state index in [0.717, 1.165) is 28.0 Å². The van der Waals surface area contributed by atoms with E-state index in [-0.39, 0.29) is 36.4 Å². The number of likely N-dealkylation sites (tertiary alicyclic amines) is 1. The number of hydrogen-bond donors (Lipinski definition) is 0. The fraction of sp³-hybridized carbons (Fsp3) is 0.474. The molecular formula is C19H23N3O7Si. The highest BCUT2D eigenvalue weighted by Gasteiger charge is 2.47. The van der Waals surface area contributed by atoms with E-state index in [2.05, 4.69) is 19.6 Å². The molecule has 3 rings (SSSR count). The van der Waals surface area contributed by atoms with Crippen molar-refractivity contribution in [2.45, 2.75) is 44.6 Å². The Morgan fingerprint density at radius 3 is 2.43 bits per heavy atom. The number of nitro benzene ring substituents is 1. The lowest BCUT2D eigenvalue weighted by molar-refractivity contribution is -0.384. The number of benzene rings is 1. The molecule has 2 aliphatic heterocycles. The van der Waals surface area contributed by atoms with Crippen molar-refractivity contribution in [1.82, 2.24) is 9.80 Å². The summed E-state index contributed by atoms with van der Waals surface area (Å²) in [7, 11) is -1.34. The molecule has 0 radical (unpaired) electrons. The van der Waals surface area contributed by atoms with Crippen LogP contribution in [0.15, 0.2) is 18.2 Å². The molecule has 10 nitrogen and oxygen atoms in total. The van der Waals surface area contributed by atoms with Gasteiger partial charge in [-0.2, -0.15) is 0 Å². The smallest absolute Gasteiger partial charge is 0.270 e. The normalized spacial score (nSPS) is 19.5. The molecule has 30 heavy (non-hydrogen) atoms. The standard InChI is InChI=1S/C19H23N3O7Si/c1-30(2,3)9-8-29-11-20-16(23)7-6-15(19(20)26)21-17(24)13-5-4-12(22(27)28)10-14(13)18(21)25/h4-5,10,15H,6-9,11H2,1-3H3. The Morgan fingerprint density at radius 1 is 1.13 bits per heavy atom. The second-order valence-electron chi connectivity index (χ2n) is 8.53. The van der Waals surface area contributed by atoms with E-state index in [1.54, 1.807) is 0 Å². The van der Waals surface area contributed by atoms with E-state index in [9.17, 15) is 29.3 Å². The van der Waals surface area contributed by atoms with Crippen molar-refractivity contribution in [3.63, 3.8) is 0 Å². The Labute approximate surface area is 173 Å². The number of nitro groups is 1. The minimum absolute atomic E-state index is 0.00763. The summed E-state index contributed by atoms with van der Waals surface area (Å²) in [4.78, 5) is 62.7. The van der Waals surface area contributed by atoms with E-state index in [1.165, 1.54) is 6.07 Å². The van der Waals surface area contributed by atoms with Crippen LogP contribution in [0.5, 0.6) is 0 Å². The fourth-order valence-electron chi connectivity index (χ4n) is 3.37. The molecule has 1 atom stereocenters. The predicted octanol–water partition coefficient (Wildman–Crippen LogP) is 2.02. The molecule has 0 saturated carbocycles. The number of rotatable bonds is 7. The van der Waals surface area contributed by atoms with Crippen LogP contribution in [0.4, 0.5) is 5.69 Å². The fourth-order valence-corrected chi connectivity index (χ4v) is 4.13. The Hall–Kier alpha value is -2.92. The number of carbonyl (C=O) groups excluding carboxylic acids is 4. The van der Waals surface area contributed by atoms with Crippen LogP contribution in [0.3, 0.4) is 0 Å². The van der Waals surface area contributed by atoms with Crippen molar-refractivity contribution in [3.05, 3.63) is 39.4 Å². The summed E-state index contributed by atoms with van der Waals surface area (Å²) in [5.74, 6) is -2.57. The van der Waals surface area contributed by atoms with Crippen LogP contribution in [0, 0.1) is 10.1 Å². The van der Waals surface area contributed by atoms with Crippen molar-refractivity contribution < 1.29 is 28.8 Å². The van der Waals surface area contributed by atoms with Crippen LogP contribution < -0.4 is 0 Å². The number of ether oxygens (including phenoxy) is 1. The number of hydrogen-bond acceptors (Lipinski definition) is 7. The molecule has 0 N–H and O–H groups in total. The summed E-state index contributed by atoms with van der Waals surface area (Å²) in [5, 5.41) is 11.0. The largest absolute Gasteiger partial charge is 0.361 e. The van der Waals surface area contributed by atoms with Crippen molar-refractivity contribution in [3.8, 4) is 0 Å². The molecule has 11 heteroatoms. The van der Waals surface area contributed by atoms with E-state index in [4.69, 9.17) is 4.74 Å². The van der Waals surface area contributed by atoms with Gasteiger partial charge in [0.1, 0.15) is 12.8 Å². The van der Waals surface area contributed by atoms with Gasteiger partial charge in [-0.05, 0) is 18.5 Å². The molecule has 160 valence electrons. The maximum Gasteiger partial charge on any atom is 0.270 e. The average Bonchev–Trinajstić information content (AvgIpc) is 2.91. The number of non-ortho nitro benzene ring substituents is 1. The molecule has 4 amide bonds. The maximum absolute atomic E-state index is 12.9. The van der Waals surface area contributed by atoms with Crippen LogP contribution in [-0.2, 0) is 14.3 Å². The van der Waals surface area contributed by atoms with Crippen molar-refractivity contribution in [1.29, 1.82) is 0 Å². The summed E-state index contributed by atoms with van der Waals surface area (Å²) >= 11 is 0. The predicted molar refractivity (Wildman–Crippen MR) is 107 cm³/mol. The third-order valence-corrected chi connectivity index (χ3v) is 6.83. The molecule has 1 aromatic rings. The molecule has 0 aliphatic carbocycles. The molecular weight excluding hydrogens is 410 g/mol. The second-order valence-corrected chi connectivity index (χ2v) is 14.2. The van der Waals surface area contributed by atoms with Crippen LogP contribution >= 0.6 is 0 Å². The Kier molecular flexibility index (Phi) is 5.86. The lowest BCUT2D eigenvalue weighted by Crippen LogP contribution is -2.56. The van der Waals surface area contributed by atoms with Gasteiger partial charge in [0.2, 0.25) is 5.91 Å². The minimum atomic E-state index is -1.34. The zero-order valence-corrected chi connectivity index (χ0v) is 18.0. The lowest BCUT2D eigenvalue weighted by atomic mass is 10.0. The third kappa shape index (κ3) is 4.17. The zero-order chi connectivity index (χ0) is 22.2. The molecule has 1 fully saturated rings. The Morgan fingerprint density at radius 2 is 1.80 bits per heavy atom. The summed E-state index contributed by atoms with van der Waals surface area (Å²) in [6, 6.07) is 3.10. The number of fused-ring (bicyclic) bond motifs is 1. The van der Waals surface area contributed by atoms with Crippen molar-refractivity contribution in [2.24, 2.45) is 0 Å². The second kappa shape index (κ2) is 8.07. The molecule has 1 aromatic carbocycles. The first-order valence-electron chi connectivity index (χ1n) is 9.59. The van der Waals surface area contributed by atoms with E-state index in [1.807, 2.05) is 0 Å². The zero-order valence-electron chi connectivity index (χ0n) is 17.0. The van der Waals surface area contributed by atoms with Crippen LogP contribution in [0.25, 0.3) is 0 Å². The first-order valence-corrected chi connectivity index (χ1v) is 13.3. The molecule has 2 aliphatic rings. The highest BCUT2D eigenvalue weighted by Crippen LogP contribution is 2.31. The van der Waals surface area contributed by atoms with Gasteiger partial charge in [0.05, 0.1) is 16.1 Å². The Bertz CT molecular complexity index is 941. The van der Waals surface area contributed by atoms with Gasteiger partial charge in [0.15, 0.2) is 0 Å². The minimum Gasteiger partial charge on any atom is -0.361 e. The molecule has 1 unspecified atom stereocenters. The molecule has 0 aromatic heterocycles. The van der Waals surface area contributed by atoms with Crippen molar-refractivity contribution >= 4 is 37.4 Å². The van der Waals surface area contributed by atoms with Gasteiger partial charge in [-0.3, -0.25) is 39.1 Å². The first-order chi connectivity index (χ1) is 14.0. The van der Waals surface area contributed by atoms with Crippen molar-refractivity contribution in [2.75, 3.05) is 13.3 Å². The number of piperidine rings is 1. The quantitative estimate of drug-likeness (QED) is 0.212. The molecule has 2 heterocycles. The summed E-state index contributed by atoms with van der Waals surface area (Å²) in [5.41, 5.74) is -0.426. The average molecular weight is 433 g/mol. The number of imide groups is 2. The van der Waals surface area contributed by atoms with Gasteiger partial charge in [-0.15, -0.1) is 0 Å². The van der Waals surface area contributed by atoms with E-state index >= 15 is 0 Å². The molecule has 0 bridgehead atoms. The van der Waals surface area contributed by atoms with Gasteiger partial charge >= 0.3 is 0 Å². The summed E-state index contributed by atoms with van der Waals surface area (Å²) < 4.78 is 5.51. The number of nitrogens with zero attached hydrogens (tertiary/aromatic N) is 3. The number of amides is 4. The topological polar surface area (TPSA) is 127 Å². The molecule has 0 spiro atoms. The monoisotopic (exact) mass is 433 g/mol. The van der Waals surface area contributed by atoms with Gasteiger partial charge < -0.3 is 4.74 Å². The maximum atomic E-state index is 12.9. The first kappa shape index (κ1) is 21.8. The van der Waals surface area contributed by atoms with Crippen LogP contribution in [0.1, 0.15) is 33.6 Å². The van der Waals surface area contributed by atoms with Gasteiger partial charge in [-0.25, -0.2) is 0 Å². The highest BCUT2D eigenvalue weighted by atomic mass is 28.3. The Balaban J connectivity index is 1.76. The van der Waals surface area contributed by atoms with Gasteiger partial charge in [0, 0.05) is 33.2 Å². The number of carbonyl (C=O) groups is 4. The van der Waals surface area contributed by atoms with Gasteiger partial charge in [-0.1, -0.05) is 19.6 Å². The van der Waals surface area contributed by atoms with Gasteiger partial charge in [0.25, 0.3) is 23.4 Å². The highest BCUT2D eigenvalue weighted by molar-refractivity contribution is 6.76. The van der Waals surface area contributed by atoms with E-state index in [0.29, 0.717) is 6.61 Å². The summed E-state index contributed by atoms with van der Waals surface area (Å²) in [6.45, 7) is 6.71.